The van der Waals surface area contributed by atoms with Gasteiger partial charge in [-0.2, -0.15) is 0 Å². The number of hydrogen-bond acceptors (Lipinski definition) is 5. The van der Waals surface area contributed by atoms with Gasteiger partial charge in [-0.25, -0.2) is 8.42 Å². The largest absolute Gasteiger partial charge is 0.497 e. The minimum Gasteiger partial charge on any atom is -0.497 e. The number of nitrogens with zero attached hydrogens (tertiary/aromatic N) is 1. The lowest BCUT2D eigenvalue weighted by Crippen LogP contribution is -2.48. The second-order valence-electron chi connectivity index (χ2n) is 6.82. The molecule has 0 spiro atoms. The Hall–Kier alpha value is -2.74. The summed E-state index contributed by atoms with van der Waals surface area (Å²) in [5.74, 6) is 0.903. The van der Waals surface area contributed by atoms with Crippen molar-refractivity contribution in [2.45, 2.75) is 26.8 Å². The average Bonchev–Trinajstić information content (AvgIpc) is 2.67. The van der Waals surface area contributed by atoms with Gasteiger partial charge in [0.05, 0.1) is 25.6 Å². The Kier molecular flexibility index (Phi) is 7.50. The van der Waals surface area contributed by atoms with E-state index in [4.69, 9.17) is 9.47 Å². The number of methoxy groups -OCH3 is 1. The molecule has 1 N–H and O–H groups in total. The van der Waals surface area contributed by atoms with Crippen LogP contribution in [0.5, 0.6) is 11.5 Å². The quantitative estimate of drug-likeness (QED) is 0.631. The molecule has 29 heavy (non-hydrogen) atoms. The van der Waals surface area contributed by atoms with Crippen LogP contribution in [0.25, 0.3) is 0 Å². The van der Waals surface area contributed by atoms with Gasteiger partial charge in [0.2, 0.25) is 15.9 Å². The fourth-order valence-corrected chi connectivity index (χ4v) is 4.02. The molecule has 1 unspecified atom stereocenters. The summed E-state index contributed by atoms with van der Waals surface area (Å²) in [4.78, 5) is 12.6. The highest BCUT2D eigenvalue weighted by Gasteiger charge is 2.29. The Labute approximate surface area is 172 Å². The van der Waals surface area contributed by atoms with Crippen molar-refractivity contribution < 1.29 is 22.7 Å². The summed E-state index contributed by atoms with van der Waals surface area (Å²) in [6.45, 7) is 5.90. The number of carbonyl (C=O) groups is 1. The van der Waals surface area contributed by atoms with Crippen molar-refractivity contribution in [1.29, 1.82) is 0 Å². The van der Waals surface area contributed by atoms with Crippen LogP contribution in [0.2, 0.25) is 0 Å². The average molecular weight is 421 g/mol. The van der Waals surface area contributed by atoms with Crippen LogP contribution in [0.3, 0.4) is 0 Å². The molecule has 0 aliphatic heterocycles. The van der Waals surface area contributed by atoms with Crippen LogP contribution in [-0.4, -0.2) is 46.9 Å². The van der Waals surface area contributed by atoms with Crippen molar-refractivity contribution in [1.82, 2.24) is 5.32 Å². The third kappa shape index (κ3) is 6.12. The molecule has 0 radical (unpaired) electrons. The number of ether oxygens (including phenoxy) is 2. The second-order valence-corrected chi connectivity index (χ2v) is 8.68. The normalized spacial score (nSPS) is 12.2. The van der Waals surface area contributed by atoms with E-state index in [9.17, 15) is 13.2 Å². The van der Waals surface area contributed by atoms with E-state index in [2.05, 4.69) is 5.32 Å². The Morgan fingerprint density at radius 3 is 2.41 bits per heavy atom. The Bertz CT molecular complexity index is 959. The van der Waals surface area contributed by atoms with Crippen molar-refractivity contribution >= 4 is 21.6 Å². The molecule has 0 saturated heterocycles. The fourth-order valence-electron chi connectivity index (χ4n) is 2.85. The van der Waals surface area contributed by atoms with Crippen LogP contribution >= 0.6 is 0 Å². The van der Waals surface area contributed by atoms with Crippen molar-refractivity contribution in [2.24, 2.45) is 0 Å². The SMILES string of the molecule is COc1cccc(OCCNC(=O)C(C)N(c2ccc(C)c(C)c2)S(C)(=O)=O)c1. The molecular weight excluding hydrogens is 392 g/mol. The summed E-state index contributed by atoms with van der Waals surface area (Å²) >= 11 is 0. The first-order chi connectivity index (χ1) is 13.6. The smallest absolute Gasteiger partial charge is 0.243 e. The lowest BCUT2D eigenvalue weighted by Gasteiger charge is -2.28. The molecule has 0 heterocycles. The summed E-state index contributed by atoms with van der Waals surface area (Å²) < 4.78 is 36.6. The summed E-state index contributed by atoms with van der Waals surface area (Å²) in [5, 5.41) is 2.73. The van der Waals surface area contributed by atoms with Gasteiger partial charge in [-0.1, -0.05) is 12.1 Å². The zero-order chi connectivity index (χ0) is 21.6. The fraction of sp³-hybridized carbons (Fsp3) is 0.381. The lowest BCUT2D eigenvalue weighted by atomic mass is 10.1. The Balaban J connectivity index is 2.00. The molecule has 0 aliphatic carbocycles. The molecule has 1 amide bonds. The molecule has 1 atom stereocenters. The molecule has 2 aromatic rings. The highest BCUT2D eigenvalue weighted by atomic mass is 32.2. The van der Waals surface area contributed by atoms with E-state index < -0.39 is 22.0 Å². The minimum absolute atomic E-state index is 0.241. The number of anilines is 1. The van der Waals surface area contributed by atoms with Gasteiger partial charge in [0, 0.05) is 6.07 Å². The van der Waals surface area contributed by atoms with Gasteiger partial charge in [0.15, 0.2) is 0 Å². The van der Waals surface area contributed by atoms with Crippen molar-refractivity contribution in [3.8, 4) is 11.5 Å². The van der Waals surface area contributed by atoms with Gasteiger partial charge in [0.25, 0.3) is 0 Å². The maximum atomic E-state index is 12.6. The van der Waals surface area contributed by atoms with Crippen LogP contribution in [0.15, 0.2) is 42.5 Å². The van der Waals surface area contributed by atoms with Crippen LogP contribution < -0.4 is 19.1 Å². The first-order valence-electron chi connectivity index (χ1n) is 9.24. The third-order valence-corrected chi connectivity index (χ3v) is 5.79. The van der Waals surface area contributed by atoms with E-state index in [-0.39, 0.29) is 13.2 Å². The van der Waals surface area contributed by atoms with E-state index in [0.717, 1.165) is 21.7 Å². The highest BCUT2D eigenvalue weighted by molar-refractivity contribution is 7.92. The molecule has 2 rings (SSSR count). The van der Waals surface area contributed by atoms with Gasteiger partial charge < -0.3 is 14.8 Å². The van der Waals surface area contributed by atoms with Crippen molar-refractivity contribution in [3.05, 3.63) is 53.6 Å². The standard InChI is InChI=1S/C21H28N2O5S/c1-15-9-10-18(13-16(15)2)23(29(5,25)26)17(3)21(24)22-11-12-28-20-8-6-7-19(14-20)27-4/h6-10,13-14,17H,11-12H2,1-5H3,(H,22,24). The summed E-state index contributed by atoms with van der Waals surface area (Å²) in [5.41, 5.74) is 2.47. The number of aryl methyl sites for hydroxylation is 2. The minimum atomic E-state index is -3.65. The first-order valence-corrected chi connectivity index (χ1v) is 11.1. The van der Waals surface area contributed by atoms with E-state index in [1.807, 2.05) is 32.0 Å². The van der Waals surface area contributed by atoms with E-state index in [1.54, 1.807) is 38.3 Å². The van der Waals surface area contributed by atoms with Gasteiger partial charge in [-0.15, -0.1) is 0 Å². The van der Waals surface area contributed by atoms with Gasteiger partial charge >= 0.3 is 0 Å². The van der Waals surface area contributed by atoms with Gasteiger partial charge in [0.1, 0.15) is 24.1 Å². The van der Waals surface area contributed by atoms with Crippen LogP contribution in [0, 0.1) is 13.8 Å². The molecule has 2 aromatic carbocycles. The molecular formula is C21H28N2O5S. The molecule has 158 valence electrons. The van der Waals surface area contributed by atoms with Gasteiger partial charge in [-0.3, -0.25) is 9.10 Å². The lowest BCUT2D eigenvalue weighted by molar-refractivity contribution is -0.121. The number of benzene rings is 2. The van der Waals surface area contributed by atoms with E-state index in [1.165, 1.54) is 0 Å². The van der Waals surface area contributed by atoms with Crippen LogP contribution in [0.1, 0.15) is 18.1 Å². The molecule has 8 heteroatoms. The summed E-state index contributed by atoms with van der Waals surface area (Å²) in [7, 11) is -2.07. The first kappa shape index (κ1) is 22.5. The number of carbonyl (C=O) groups excluding carboxylic acids is 1. The topological polar surface area (TPSA) is 84.9 Å². The van der Waals surface area contributed by atoms with Crippen molar-refractivity contribution in [2.75, 3.05) is 30.8 Å². The predicted octanol–water partition coefficient (Wildman–Crippen LogP) is 2.66. The maximum absolute atomic E-state index is 12.6. The second kappa shape index (κ2) is 9.65. The number of hydrogen-bond donors (Lipinski definition) is 1. The van der Waals surface area contributed by atoms with Gasteiger partial charge in [-0.05, 0) is 56.2 Å². The number of amides is 1. The van der Waals surface area contributed by atoms with Crippen LogP contribution in [0.4, 0.5) is 5.69 Å². The summed E-state index contributed by atoms with van der Waals surface area (Å²) in [6.07, 6.45) is 1.10. The predicted molar refractivity (Wildman–Crippen MR) is 114 cm³/mol. The number of rotatable bonds is 9. The third-order valence-electron chi connectivity index (χ3n) is 4.54. The molecule has 7 nitrogen and oxygen atoms in total. The van der Waals surface area contributed by atoms with E-state index in [0.29, 0.717) is 17.2 Å². The van der Waals surface area contributed by atoms with Crippen molar-refractivity contribution in [3.63, 3.8) is 0 Å². The number of nitrogens with one attached hydrogen (secondary N) is 1. The molecule has 0 aliphatic rings. The molecule has 0 bridgehead atoms. The Morgan fingerprint density at radius 2 is 1.79 bits per heavy atom. The summed E-state index contributed by atoms with van der Waals surface area (Å²) in [6, 6.07) is 11.6. The zero-order valence-corrected chi connectivity index (χ0v) is 18.2. The Morgan fingerprint density at radius 1 is 1.10 bits per heavy atom. The van der Waals surface area contributed by atoms with Crippen LogP contribution in [-0.2, 0) is 14.8 Å². The zero-order valence-electron chi connectivity index (χ0n) is 17.4. The number of sulfonamides is 1. The maximum Gasteiger partial charge on any atom is 0.243 e. The highest BCUT2D eigenvalue weighted by Crippen LogP contribution is 2.24. The molecule has 0 fully saturated rings. The molecule has 0 saturated carbocycles. The van der Waals surface area contributed by atoms with E-state index >= 15 is 0 Å². The monoisotopic (exact) mass is 420 g/mol. The molecule has 0 aromatic heterocycles.